The van der Waals surface area contributed by atoms with Crippen molar-refractivity contribution in [1.82, 2.24) is 5.16 Å². The Bertz CT molecular complexity index is 587. The van der Waals surface area contributed by atoms with Gasteiger partial charge in [-0.2, -0.15) is 0 Å². The van der Waals surface area contributed by atoms with E-state index in [1.54, 1.807) is 38.1 Å². The molecule has 1 heterocycles. The molecule has 0 bridgehead atoms. The number of aliphatic carboxylic acids is 1. The van der Waals surface area contributed by atoms with Crippen LogP contribution in [0.25, 0.3) is 0 Å². The molecule has 0 amide bonds. The largest absolute Gasteiger partial charge is 0.481 e. The number of hydrogen-bond donors (Lipinski definition) is 1. The van der Waals surface area contributed by atoms with E-state index >= 15 is 0 Å². The molecule has 1 aromatic heterocycles. The third-order valence-electron chi connectivity index (χ3n) is 3.17. The highest BCUT2D eigenvalue weighted by Gasteiger charge is 2.25. The predicted octanol–water partition coefficient (Wildman–Crippen LogP) is 3.36. The Labute approximate surface area is 116 Å². The summed E-state index contributed by atoms with van der Waals surface area (Å²) in [5.74, 6) is -0.964. The molecule has 100 valence electrons. The van der Waals surface area contributed by atoms with Crippen molar-refractivity contribution in [2.75, 3.05) is 0 Å². The van der Waals surface area contributed by atoms with E-state index in [0.29, 0.717) is 22.8 Å². The van der Waals surface area contributed by atoms with Gasteiger partial charge in [-0.15, -0.1) is 0 Å². The van der Waals surface area contributed by atoms with Gasteiger partial charge in [0, 0.05) is 10.6 Å². The zero-order valence-electron chi connectivity index (χ0n) is 10.7. The topological polar surface area (TPSA) is 63.3 Å². The van der Waals surface area contributed by atoms with Gasteiger partial charge in [-0.05, 0) is 31.9 Å². The molecule has 0 aliphatic heterocycles. The SMILES string of the molecule is Cc1noc(C)c1CC(C(=O)O)c1ccccc1Cl. The number of carbonyl (C=O) groups is 1. The van der Waals surface area contributed by atoms with Crippen LogP contribution in [0.5, 0.6) is 0 Å². The third kappa shape index (κ3) is 2.79. The number of aryl methyl sites for hydroxylation is 2. The van der Waals surface area contributed by atoms with Gasteiger partial charge in [0.2, 0.25) is 0 Å². The van der Waals surface area contributed by atoms with Gasteiger partial charge in [-0.25, -0.2) is 0 Å². The molecular weight excluding hydrogens is 266 g/mol. The summed E-state index contributed by atoms with van der Waals surface area (Å²) < 4.78 is 5.07. The molecule has 2 rings (SSSR count). The molecule has 1 atom stereocenters. The second kappa shape index (κ2) is 5.45. The molecule has 0 radical (unpaired) electrons. The lowest BCUT2D eigenvalue weighted by molar-refractivity contribution is -0.138. The Morgan fingerprint density at radius 2 is 2.11 bits per heavy atom. The summed E-state index contributed by atoms with van der Waals surface area (Å²) in [5.41, 5.74) is 2.15. The van der Waals surface area contributed by atoms with E-state index in [1.165, 1.54) is 0 Å². The third-order valence-corrected chi connectivity index (χ3v) is 3.51. The molecule has 5 heteroatoms. The summed E-state index contributed by atoms with van der Waals surface area (Å²) in [6.07, 6.45) is 0.320. The second-order valence-electron chi connectivity index (χ2n) is 4.42. The monoisotopic (exact) mass is 279 g/mol. The van der Waals surface area contributed by atoms with Crippen LogP contribution in [0.15, 0.2) is 28.8 Å². The van der Waals surface area contributed by atoms with Crippen LogP contribution in [0.3, 0.4) is 0 Å². The van der Waals surface area contributed by atoms with Gasteiger partial charge in [0.05, 0.1) is 11.6 Å². The molecule has 1 unspecified atom stereocenters. The second-order valence-corrected chi connectivity index (χ2v) is 4.83. The zero-order chi connectivity index (χ0) is 14.0. The molecule has 0 fully saturated rings. The standard InChI is InChI=1S/C14H14ClNO3/c1-8-11(9(2)19-16-8)7-12(14(17)18)10-5-3-4-6-13(10)15/h3-6,12H,7H2,1-2H3,(H,17,18). The summed E-state index contributed by atoms with van der Waals surface area (Å²) >= 11 is 6.08. The molecule has 1 aromatic carbocycles. The van der Waals surface area contributed by atoms with E-state index in [1.807, 2.05) is 0 Å². The van der Waals surface area contributed by atoms with Crippen LogP contribution in [0, 0.1) is 13.8 Å². The molecule has 0 aliphatic rings. The highest BCUT2D eigenvalue weighted by atomic mass is 35.5. The minimum Gasteiger partial charge on any atom is -0.481 e. The van der Waals surface area contributed by atoms with Crippen LogP contribution < -0.4 is 0 Å². The minimum atomic E-state index is -0.909. The van der Waals surface area contributed by atoms with Crippen molar-refractivity contribution in [3.8, 4) is 0 Å². The van der Waals surface area contributed by atoms with E-state index < -0.39 is 11.9 Å². The zero-order valence-corrected chi connectivity index (χ0v) is 11.4. The molecule has 2 aromatic rings. The first kappa shape index (κ1) is 13.6. The Morgan fingerprint density at radius 1 is 1.42 bits per heavy atom. The van der Waals surface area contributed by atoms with Gasteiger partial charge in [-0.1, -0.05) is 35.0 Å². The molecule has 0 saturated heterocycles. The summed E-state index contributed by atoms with van der Waals surface area (Å²) in [6, 6.07) is 6.99. The van der Waals surface area contributed by atoms with Crippen molar-refractivity contribution in [3.05, 3.63) is 51.9 Å². The van der Waals surface area contributed by atoms with Crippen molar-refractivity contribution in [2.24, 2.45) is 0 Å². The lowest BCUT2D eigenvalue weighted by atomic mass is 9.91. The van der Waals surface area contributed by atoms with Gasteiger partial charge in [-0.3, -0.25) is 4.79 Å². The summed E-state index contributed by atoms with van der Waals surface area (Å²) in [7, 11) is 0. The van der Waals surface area contributed by atoms with Crippen LogP contribution in [0.1, 0.15) is 28.5 Å². The van der Waals surface area contributed by atoms with Gasteiger partial charge in [0.25, 0.3) is 0 Å². The Balaban J connectivity index is 2.38. The normalized spacial score (nSPS) is 12.4. The predicted molar refractivity (Wildman–Crippen MR) is 71.5 cm³/mol. The highest BCUT2D eigenvalue weighted by molar-refractivity contribution is 6.31. The number of rotatable bonds is 4. The number of nitrogens with zero attached hydrogens (tertiary/aromatic N) is 1. The van der Waals surface area contributed by atoms with Crippen molar-refractivity contribution in [3.63, 3.8) is 0 Å². The molecular formula is C14H14ClNO3. The van der Waals surface area contributed by atoms with E-state index in [2.05, 4.69) is 5.16 Å². The number of hydrogen-bond acceptors (Lipinski definition) is 3. The van der Waals surface area contributed by atoms with Gasteiger partial charge >= 0.3 is 5.97 Å². The van der Waals surface area contributed by atoms with Crippen molar-refractivity contribution in [1.29, 1.82) is 0 Å². The van der Waals surface area contributed by atoms with Crippen molar-refractivity contribution < 1.29 is 14.4 Å². The maximum absolute atomic E-state index is 11.5. The number of aromatic nitrogens is 1. The first-order chi connectivity index (χ1) is 9.00. The Hall–Kier alpha value is -1.81. The van der Waals surface area contributed by atoms with E-state index in [0.717, 1.165) is 11.3 Å². The van der Waals surface area contributed by atoms with E-state index in [4.69, 9.17) is 16.1 Å². The average molecular weight is 280 g/mol. The van der Waals surface area contributed by atoms with Gasteiger partial charge in [0.15, 0.2) is 0 Å². The quantitative estimate of drug-likeness (QED) is 0.932. The number of carboxylic acids is 1. The minimum absolute atomic E-state index is 0.320. The van der Waals surface area contributed by atoms with Gasteiger partial charge < -0.3 is 9.63 Å². The molecule has 0 saturated carbocycles. The first-order valence-corrected chi connectivity index (χ1v) is 6.27. The maximum atomic E-state index is 11.5. The van der Waals surface area contributed by atoms with Crippen LogP contribution in [-0.2, 0) is 11.2 Å². The number of benzene rings is 1. The highest BCUT2D eigenvalue weighted by Crippen LogP contribution is 2.29. The smallest absolute Gasteiger partial charge is 0.311 e. The fraction of sp³-hybridized carbons (Fsp3) is 0.286. The van der Waals surface area contributed by atoms with E-state index in [-0.39, 0.29) is 0 Å². The van der Waals surface area contributed by atoms with Crippen molar-refractivity contribution in [2.45, 2.75) is 26.2 Å². The average Bonchev–Trinajstić information content (AvgIpc) is 2.67. The number of carboxylic acid groups (broad SMARTS) is 1. The molecule has 0 spiro atoms. The lowest BCUT2D eigenvalue weighted by Gasteiger charge is -2.14. The van der Waals surface area contributed by atoms with Crippen molar-refractivity contribution >= 4 is 17.6 Å². The first-order valence-electron chi connectivity index (χ1n) is 5.89. The number of halogens is 1. The van der Waals surface area contributed by atoms with Crippen LogP contribution >= 0.6 is 11.6 Å². The fourth-order valence-electron chi connectivity index (χ4n) is 2.09. The lowest BCUT2D eigenvalue weighted by Crippen LogP contribution is -2.15. The van der Waals surface area contributed by atoms with Crippen LogP contribution in [0.2, 0.25) is 5.02 Å². The molecule has 1 N–H and O–H groups in total. The van der Waals surface area contributed by atoms with Crippen LogP contribution in [0.4, 0.5) is 0 Å². The Morgan fingerprint density at radius 3 is 2.63 bits per heavy atom. The van der Waals surface area contributed by atoms with E-state index in [9.17, 15) is 9.90 Å². The molecule has 19 heavy (non-hydrogen) atoms. The Kier molecular flexibility index (Phi) is 3.90. The fourth-order valence-corrected chi connectivity index (χ4v) is 2.35. The van der Waals surface area contributed by atoms with Gasteiger partial charge in [0.1, 0.15) is 5.76 Å². The summed E-state index contributed by atoms with van der Waals surface area (Å²) in [6.45, 7) is 3.58. The molecule has 4 nitrogen and oxygen atoms in total. The maximum Gasteiger partial charge on any atom is 0.311 e. The molecule has 0 aliphatic carbocycles. The van der Waals surface area contributed by atoms with Crippen LogP contribution in [-0.4, -0.2) is 16.2 Å². The summed E-state index contributed by atoms with van der Waals surface area (Å²) in [5, 5.41) is 13.7. The summed E-state index contributed by atoms with van der Waals surface area (Å²) in [4.78, 5) is 11.5.